The van der Waals surface area contributed by atoms with Crippen molar-refractivity contribution >= 4 is 47.2 Å². The lowest BCUT2D eigenvalue weighted by Crippen LogP contribution is -2.23. The van der Waals surface area contributed by atoms with Crippen LogP contribution >= 0.6 is 35.6 Å². The molecule has 3 N–H and O–H groups in total. The second-order valence-corrected chi connectivity index (χ2v) is 5.00. The van der Waals surface area contributed by atoms with E-state index in [1.807, 2.05) is 43.3 Å². The molecule has 6 heteroatoms. The quantitative estimate of drug-likeness (QED) is 0.325. The molecule has 2 rings (SSSR count). The Morgan fingerprint density at radius 2 is 2.00 bits per heavy atom. The van der Waals surface area contributed by atoms with Crippen molar-refractivity contribution in [1.29, 1.82) is 0 Å². The predicted molar refractivity (Wildman–Crippen MR) is 104 cm³/mol. The van der Waals surface area contributed by atoms with Gasteiger partial charge in [0.1, 0.15) is 12.4 Å². The van der Waals surface area contributed by atoms with Gasteiger partial charge in [-0.3, -0.25) is 0 Å². The van der Waals surface area contributed by atoms with Gasteiger partial charge in [-0.05, 0) is 42.8 Å². The van der Waals surface area contributed by atoms with Gasteiger partial charge in [0.25, 0.3) is 0 Å². The molecule has 118 valence electrons. The molecule has 0 fully saturated rings. The highest BCUT2D eigenvalue weighted by atomic mass is 127. The van der Waals surface area contributed by atoms with Crippen LogP contribution in [0.1, 0.15) is 5.56 Å². The maximum atomic E-state index is 5.87. The fourth-order valence-electron chi connectivity index (χ4n) is 1.80. The van der Waals surface area contributed by atoms with Gasteiger partial charge in [0.05, 0.1) is 6.54 Å². The van der Waals surface area contributed by atoms with Crippen LogP contribution in [0.4, 0.5) is 5.69 Å². The number of guanidine groups is 1. The number of aryl methyl sites for hydroxylation is 1. The number of nitrogens with zero attached hydrogens (tertiary/aromatic N) is 1. The molecule has 22 heavy (non-hydrogen) atoms. The monoisotopic (exact) mass is 431 g/mol. The Bertz CT molecular complexity index is 634. The summed E-state index contributed by atoms with van der Waals surface area (Å²) < 4.78 is 5.53. The van der Waals surface area contributed by atoms with Crippen LogP contribution in [-0.4, -0.2) is 19.1 Å². The lowest BCUT2D eigenvalue weighted by atomic mass is 10.2. The van der Waals surface area contributed by atoms with E-state index in [1.54, 1.807) is 12.1 Å². The zero-order chi connectivity index (χ0) is 15.1. The van der Waals surface area contributed by atoms with E-state index in [4.69, 9.17) is 22.1 Å². The van der Waals surface area contributed by atoms with Gasteiger partial charge in [0.2, 0.25) is 0 Å². The van der Waals surface area contributed by atoms with Crippen molar-refractivity contribution in [3.8, 4) is 5.75 Å². The van der Waals surface area contributed by atoms with Crippen molar-refractivity contribution in [3.63, 3.8) is 0 Å². The van der Waals surface area contributed by atoms with Crippen LogP contribution in [-0.2, 0) is 0 Å². The molecule has 0 aliphatic rings. The molecule has 0 bridgehead atoms. The van der Waals surface area contributed by atoms with E-state index in [0.717, 1.165) is 17.0 Å². The largest absolute Gasteiger partial charge is 0.492 e. The number of hydrogen-bond donors (Lipinski definition) is 2. The van der Waals surface area contributed by atoms with Gasteiger partial charge in [0, 0.05) is 10.7 Å². The van der Waals surface area contributed by atoms with Crippen molar-refractivity contribution in [2.24, 2.45) is 10.7 Å². The fraction of sp³-hybridized carbons (Fsp3) is 0.188. The molecular formula is C16H19ClIN3O. The van der Waals surface area contributed by atoms with E-state index in [1.165, 1.54) is 0 Å². The van der Waals surface area contributed by atoms with Crippen molar-refractivity contribution in [3.05, 3.63) is 59.1 Å². The standard InChI is InChI=1S/C16H18ClN3O.HI/c1-12-4-2-6-14(10-12)20-16(18)19-8-9-21-15-7-3-5-13(17)11-15;/h2-7,10-11H,8-9H2,1H3,(H3,18,19,20);1H. The first-order valence-corrected chi connectivity index (χ1v) is 7.03. The minimum atomic E-state index is 0. The topological polar surface area (TPSA) is 59.6 Å². The lowest BCUT2D eigenvalue weighted by molar-refractivity contribution is 0.329. The fourth-order valence-corrected chi connectivity index (χ4v) is 1.98. The van der Waals surface area contributed by atoms with Gasteiger partial charge in [0.15, 0.2) is 5.96 Å². The number of benzene rings is 2. The van der Waals surface area contributed by atoms with Gasteiger partial charge < -0.3 is 15.8 Å². The third-order valence-corrected chi connectivity index (χ3v) is 2.96. The van der Waals surface area contributed by atoms with E-state index in [0.29, 0.717) is 24.1 Å². The summed E-state index contributed by atoms with van der Waals surface area (Å²) in [6.45, 7) is 2.94. The highest BCUT2D eigenvalue weighted by molar-refractivity contribution is 14.0. The third kappa shape index (κ3) is 6.53. The predicted octanol–water partition coefficient (Wildman–Crippen LogP) is 4.07. The van der Waals surface area contributed by atoms with Crippen LogP contribution in [0, 0.1) is 6.92 Å². The number of nitrogens with one attached hydrogen (secondary N) is 1. The Balaban J connectivity index is 0.00000242. The van der Waals surface area contributed by atoms with Crippen molar-refractivity contribution in [2.75, 3.05) is 18.5 Å². The lowest BCUT2D eigenvalue weighted by Gasteiger charge is -2.07. The molecule has 0 heterocycles. The Hall–Kier alpha value is -1.47. The molecule has 0 saturated heterocycles. The summed E-state index contributed by atoms with van der Waals surface area (Å²) in [6, 6.07) is 15.2. The Morgan fingerprint density at radius 3 is 2.73 bits per heavy atom. The number of rotatable bonds is 5. The number of nitrogens with two attached hydrogens (primary N) is 1. The van der Waals surface area contributed by atoms with E-state index in [2.05, 4.69) is 10.3 Å². The average molecular weight is 432 g/mol. The van der Waals surface area contributed by atoms with Gasteiger partial charge in [-0.15, -0.1) is 24.0 Å². The first-order chi connectivity index (χ1) is 10.1. The molecule has 2 aromatic rings. The summed E-state index contributed by atoms with van der Waals surface area (Å²) in [4.78, 5) is 4.21. The van der Waals surface area contributed by atoms with Crippen molar-refractivity contribution < 1.29 is 4.74 Å². The Morgan fingerprint density at radius 1 is 1.23 bits per heavy atom. The van der Waals surface area contributed by atoms with Crippen LogP contribution < -0.4 is 15.8 Å². The minimum absolute atomic E-state index is 0. The molecular weight excluding hydrogens is 413 g/mol. The summed E-state index contributed by atoms with van der Waals surface area (Å²) in [5.74, 6) is 1.10. The van der Waals surface area contributed by atoms with E-state index in [-0.39, 0.29) is 24.0 Å². The number of halogens is 2. The second kappa shape index (κ2) is 9.53. The van der Waals surface area contributed by atoms with Gasteiger partial charge >= 0.3 is 0 Å². The summed E-state index contributed by atoms with van der Waals surface area (Å²) in [5.41, 5.74) is 7.91. The second-order valence-electron chi connectivity index (χ2n) is 4.57. The molecule has 0 amide bonds. The average Bonchev–Trinajstić information content (AvgIpc) is 2.44. The van der Waals surface area contributed by atoms with E-state index in [9.17, 15) is 0 Å². The number of aliphatic imine (C=N–C) groups is 1. The summed E-state index contributed by atoms with van der Waals surface area (Å²) in [5, 5.41) is 3.69. The van der Waals surface area contributed by atoms with Crippen molar-refractivity contribution in [2.45, 2.75) is 6.92 Å². The maximum absolute atomic E-state index is 5.87. The first kappa shape index (κ1) is 18.6. The van der Waals surface area contributed by atoms with Crippen molar-refractivity contribution in [1.82, 2.24) is 0 Å². The molecule has 0 aromatic heterocycles. The zero-order valence-corrected chi connectivity index (χ0v) is 15.3. The summed E-state index contributed by atoms with van der Waals surface area (Å²) in [7, 11) is 0. The Kier molecular flexibility index (Phi) is 8.05. The molecule has 0 aliphatic heterocycles. The zero-order valence-electron chi connectivity index (χ0n) is 12.3. The molecule has 0 radical (unpaired) electrons. The van der Waals surface area contributed by atoms with Gasteiger partial charge in [-0.2, -0.15) is 0 Å². The van der Waals surface area contributed by atoms with Crippen LogP contribution in [0.5, 0.6) is 5.75 Å². The first-order valence-electron chi connectivity index (χ1n) is 6.65. The highest BCUT2D eigenvalue weighted by Gasteiger charge is 1.97. The normalized spacial score (nSPS) is 10.7. The molecule has 0 spiro atoms. The molecule has 0 aliphatic carbocycles. The van der Waals surface area contributed by atoms with Crippen LogP contribution in [0.3, 0.4) is 0 Å². The maximum Gasteiger partial charge on any atom is 0.193 e. The van der Waals surface area contributed by atoms with Crippen LogP contribution in [0.15, 0.2) is 53.5 Å². The molecule has 0 atom stereocenters. The minimum Gasteiger partial charge on any atom is -0.492 e. The molecule has 0 unspecified atom stereocenters. The smallest absolute Gasteiger partial charge is 0.193 e. The highest BCUT2D eigenvalue weighted by Crippen LogP contribution is 2.16. The van der Waals surface area contributed by atoms with Crippen LogP contribution in [0.25, 0.3) is 0 Å². The number of anilines is 1. The van der Waals surface area contributed by atoms with Crippen LogP contribution in [0.2, 0.25) is 5.02 Å². The SMILES string of the molecule is Cc1cccc(NC(N)=NCCOc2cccc(Cl)c2)c1.I. The summed E-state index contributed by atoms with van der Waals surface area (Å²) in [6.07, 6.45) is 0. The molecule has 0 saturated carbocycles. The summed E-state index contributed by atoms with van der Waals surface area (Å²) >= 11 is 5.87. The number of ether oxygens (including phenoxy) is 1. The molecule has 2 aromatic carbocycles. The van der Waals surface area contributed by atoms with E-state index < -0.39 is 0 Å². The van der Waals surface area contributed by atoms with Gasteiger partial charge in [-0.1, -0.05) is 29.8 Å². The van der Waals surface area contributed by atoms with Gasteiger partial charge in [-0.25, -0.2) is 4.99 Å². The third-order valence-electron chi connectivity index (χ3n) is 2.73. The van der Waals surface area contributed by atoms with E-state index >= 15 is 0 Å². The Labute approximate surface area is 152 Å². The molecule has 4 nitrogen and oxygen atoms in total. The number of hydrogen-bond acceptors (Lipinski definition) is 2.